The van der Waals surface area contributed by atoms with Crippen molar-refractivity contribution in [2.45, 2.75) is 57.0 Å². The first kappa shape index (κ1) is 24.7. The Balaban J connectivity index is 1.65. The zero-order valence-corrected chi connectivity index (χ0v) is 18.1. The molecule has 0 aromatic carbocycles. The summed E-state index contributed by atoms with van der Waals surface area (Å²) in [6, 6.07) is 1.49. The molecule has 1 aromatic rings. The Hall–Kier alpha value is -1.60. The molecule has 3 unspecified atom stereocenters. The van der Waals surface area contributed by atoms with Crippen LogP contribution in [-0.4, -0.2) is 67.1 Å². The lowest BCUT2D eigenvalue weighted by atomic mass is 10.2. The van der Waals surface area contributed by atoms with E-state index in [1.54, 1.807) is 21.6 Å². The topological polar surface area (TPSA) is 151 Å². The Morgan fingerprint density at radius 1 is 1.23 bits per heavy atom. The number of carbonyl (C=O) groups is 2. The van der Waals surface area contributed by atoms with Crippen LogP contribution >= 0.6 is 21.6 Å². The SMILES string of the molecule is O=C(O)CCCCCSSCCC(=O)Nc1ccn(C2CC(O)C(CO)O2)c(=O)n1. The number of ether oxygens (including phenoxy) is 1. The van der Waals surface area contributed by atoms with Gasteiger partial charge in [-0.1, -0.05) is 28.0 Å². The molecule has 168 valence electrons. The van der Waals surface area contributed by atoms with Gasteiger partial charge in [0.2, 0.25) is 5.91 Å². The summed E-state index contributed by atoms with van der Waals surface area (Å²) in [6.07, 6.45) is 2.30. The maximum absolute atomic E-state index is 12.2. The van der Waals surface area contributed by atoms with Gasteiger partial charge < -0.3 is 25.4 Å². The monoisotopic (exact) mass is 461 g/mol. The second-order valence-corrected chi connectivity index (χ2v) is 9.47. The molecule has 0 spiro atoms. The number of hydrogen-bond acceptors (Lipinski definition) is 9. The van der Waals surface area contributed by atoms with E-state index < -0.39 is 30.1 Å². The number of unbranched alkanes of at least 4 members (excludes halogenated alkanes) is 2. The normalized spacial score (nSPS) is 20.9. The van der Waals surface area contributed by atoms with Crippen molar-refractivity contribution in [3.63, 3.8) is 0 Å². The fourth-order valence-electron chi connectivity index (χ4n) is 2.82. The molecule has 2 rings (SSSR count). The minimum absolute atomic E-state index is 0.148. The van der Waals surface area contributed by atoms with Crippen LogP contribution in [0.5, 0.6) is 0 Å². The third-order valence-electron chi connectivity index (χ3n) is 4.41. The number of anilines is 1. The standard InChI is InChI=1S/C18H27N3O7S2/c22-11-13-12(23)10-16(28-13)21-7-5-14(20-18(21)27)19-15(24)6-9-30-29-8-3-1-2-4-17(25)26/h5,7,12-13,16,22-23H,1-4,6,8-11H2,(H,25,26)(H,19,20,24,27). The number of aromatic nitrogens is 2. The van der Waals surface area contributed by atoms with E-state index >= 15 is 0 Å². The second-order valence-electron chi connectivity index (χ2n) is 6.76. The van der Waals surface area contributed by atoms with Crippen LogP contribution in [0.4, 0.5) is 5.82 Å². The summed E-state index contributed by atoms with van der Waals surface area (Å²) in [5, 5.41) is 30.0. The molecule has 0 saturated carbocycles. The average Bonchev–Trinajstić information content (AvgIpc) is 3.07. The molecule has 30 heavy (non-hydrogen) atoms. The first-order chi connectivity index (χ1) is 14.4. The lowest BCUT2D eigenvalue weighted by Crippen LogP contribution is -2.28. The predicted octanol–water partition coefficient (Wildman–Crippen LogP) is 1.24. The number of nitrogens with one attached hydrogen (secondary N) is 1. The van der Waals surface area contributed by atoms with Crippen molar-refractivity contribution in [2.24, 2.45) is 0 Å². The number of amides is 1. The number of aliphatic carboxylic acids is 1. The molecule has 10 nitrogen and oxygen atoms in total. The third kappa shape index (κ3) is 8.26. The van der Waals surface area contributed by atoms with E-state index in [2.05, 4.69) is 10.3 Å². The van der Waals surface area contributed by atoms with Gasteiger partial charge >= 0.3 is 11.7 Å². The van der Waals surface area contributed by atoms with E-state index in [-0.39, 0.29) is 37.6 Å². The van der Waals surface area contributed by atoms with Crippen LogP contribution in [0, 0.1) is 0 Å². The van der Waals surface area contributed by atoms with E-state index in [9.17, 15) is 19.5 Å². The summed E-state index contributed by atoms with van der Waals surface area (Å²) in [4.78, 5) is 38.4. The maximum Gasteiger partial charge on any atom is 0.351 e. The van der Waals surface area contributed by atoms with Crippen molar-refractivity contribution in [3.05, 3.63) is 22.7 Å². The summed E-state index contributed by atoms with van der Waals surface area (Å²) in [7, 11) is 3.22. The van der Waals surface area contributed by atoms with Gasteiger partial charge in [-0.15, -0.1) is 0 Å². The molecule has 1 saturated heterocycles. The lowest BCUT2D eigenvalue weighted by Gasteiger charge is -2.14. The zero-order chi connectivity index (χ0) is 21.9. The summed E-state index contributed by atoms with van der Waals surface area (Å²) < 4.78 is 6.65. The lowest BCUT2D eigenvalue weighted by molar-refractivity contribution is -0.137. The van der Waals surface area contributed by atoms with Crippen LogP contribution in [0.15, 0.2) is 17.1 Å². The van der Waals surface area contributed by atoms with Gasteiger partial charge in [0.1, 0.15) is 18.1 Å². The quantitative estimate of drug-likeness (QED) is 0.249. The number of aliphatic hydroxyl groups excluding tert-OH is 2. The maximum atomic E-state index is 12.2. The molecule has 3 atom stereocenters. The highest BCUT2D eigenvalue weighted by Crippen LogP contribution is 2.27. The Bertz CT molecular complexity index is 762. The first-order valence-corrected chi connectivity index (χ1v) is 12.2. The van der Waals surface area contributed by atoms with E-state index in [1.807, 2.05) is 0 Å². The van der Waals surface area contributed by atoms with Gasteiger partial charge in [0.05, 0.1) is 12.7 Å². The van der Waals surface area contributed by atoms with E-state index in [0.717, 1.165) is 18.6 Å². The van der Waals surface area contributed by atoms with Gasteiger partial charge in [-0.3, -0.25) is 14.2 Å². The molecule has 12 heteroatoms. The number of hydrogen-bond donors (Lipinski definition) is 4. The summed E-state index contributed by atoms with van der Waals surface area (Å²) in [5.41, 5.74) is -0.614. The Morgan fingerprint density at radius 2 is 2.00 bits per heavy atom. The minimum Gasteiger partial charge on any atom is -0.481 e. The molecular weight excluding hydrogens is 434 g/mol. The van der Waals surface area contributed by atoms with Gasteiger partial charge in [0.25, 0.3) is 0 Å². The van der Waals surface area contributed by atoms with Gasteiger partial charge in [-0.25, -0.2) is 4.79 Å². The Labute approximate surface area is 181 Å². The van der Waals surface area contributed by atoms with Crippen molar-refractivity contribution in [2.75, 3.05) is 23.4 Å². The highest BCUT2D eigenvalue weighted by Gasteiger charge is 2.34. The molecular formula is C18H27N3O7S2. The molecule has 2 heterocycles. The number of aliphatic hydroxyl groups is 2. The highest BCUT2D eigenvalue weighted by atomic mass is 33.1. The van der Waals surface area contributed by atoms with Crippen LogP contribution in [0.25, 0.3) is 0 Å². The Morgan fingerprint density at radius 3 is 2.67 bits per heavy atom. The minimum atomic E-state index is -0.855. The highest BCUT2D eigenvalue weighted by molar-refractivity contribution is 8.76. The molecule has 0 bridgehead atoms. The summed E-state index contributed by atoms with van der Waals surface area (Å²) >= 11 is 0. The van der Waals surface area contributed by atoms with Crippen LogP contribution in [-0.2, 0) is 14.3 Å². The van der Waals surface area contributed by atoms with Crippen molar-refractivity contribution < 1.29 is 29.6 Å². The molecule has 1 aliphatic heterocycles. The fourth-order valence-corrected chi connectivity index (χ4v) is 4.96. The number of carbonyl (C=O) groups excluding carboxylic acids is 1. The molecule has 1 aliphatic rings. The largest absolute Gasteiger partial charge is 0.481 e. The molecule has 0 aliphatic carbocycles. The zero-order valence-electron chi connectivity index (χ0n) is 16.4. The molecule has 1 fully saturated rings. The van der Waals surface area contributed by atoms with Gasteiger partial charge in [-0.05, 0) is 18.9 Å². The summed E-state index contributed by atoms with van der Waals surface area (Å²) in [6.45, 7) is -0.338. The van der Waals surface area contributed by atoms with Crippen LogP contribution in [0.3, 0.4) is 0 Å². The van der Waals surface area contributed by atoms with Crippen LogP contribution in [0.1, 0.15) is 44.8 Å². The second kappa shape index (κ2) is 13.0. The summed E-state index contributed by atoms with van der Waals surface area (Å²) in [5.74, 6) is 0.646. The van der Waals surface area contributed by atoms with Crippen molar-refractivity contribution >= 4 is 39.3 Å². The molecule has 1 amide bonds. The van der Waals surface area contributed by atoms with Crippen molar-refractivity contribution in [3.8, 4) is 0 Å². The fraction of sp³-hybridized carbons (Fsp3) is 0.667. The Kier molecular flexibility index (Phi) is 10.6. The number of carboxylic acid groups (broad SMARTS) is 1. The van der Waals surface area contributed by atoms with Crippen LogP contribution in [0.2, 0.25) is 0 Å². The smallest absolute Gasteiger partial charge is 0.351 e. The molecule has 1 aromatic heterocycles. The van der Waals surface area contributed by atoms with E-state index in [1.165, 1.54) is 16.8 Å². The van der Waals surface area contributed by atoms with Gasteiger partial charge in [-0.2, -0.15) is 4.98 Å². The molecule has 4 N–H and O–H groups in total. The number of rotatable bonds is 13. The third-order valence-corrected chi connectivity index (χ3v) is 6.90. The van der Waals surface area contributed by atoms with Crippen molar-refractivity contribution in [1.29, 1.82) is 0 Å². The first-order valence-electron chi connectivity index (χ1n) is 9.70. The molecule has 0 radical (unpaired) electrons. The van der Waals surface area contributed by atoms with Crippen molar-refractivity contribution in [1.82, 2.24) is 9.55 Å². The number of carboxylic acids is 1. The number of nitrogens with zero attached hydrogens (tertiary/aromatic N) is 2. The van der Waals surface area contributed by atoms with Crippen LogP contribution < -0.4 is 11.0 Å². The van der Waals surface area contributed by atoms with Gasteiger partial charge in [0, 0.05) is 37.0 Å². The average molecular weight is 462 g/mol. The predicted molar refractivity (Wildman–Crippen MR) is 114 cm³/mol. The van der Waals surface area contributed by atoms with E-state index in [4.69, 9.17) is 14.9 Å². The van der Waals surface area contributed by atoms with E-state index in [0.29, 0.717) is 12.2 Å². The van der Waals surface area contributed by atoms with Gasteiger partial charge in [0.15, 0.2) is 0 Å².